The van der Waals surface area contributed by atoms with Crippen molar-refractivity contribution in [3.8, 4) is 5.75 Å². The Morgan fingerprint density at radius 2 is 2.05 bits per heavy atom. The summed E-state index contributed by atoms with van der Waals surface area (Å²) in [5.74, 6) is 0.957. The molecule has 2 aliphatic heterocycles. The number of nitrogens with zero attached hydrogens (tertiary/aromatic N) is 1. The number of hydrogen-bond acceptors (Lipinski definition) is 3. The summed E-state index contributed by atoms with van der Waals surface area (Å²) in [6, 6.07) is 6.54. The zero-order chi connectivity index (χ0) is 13.2. The van der Waals surface area contributed by atoms with Crippen molar-refractivity contribution < 1.29 is 9.84 Å². The molecule has 0 aliphatic carbocycles. The van der Waals surface area contributed by atoms with Crippen LogP contribution in [0.3, 0.4) is 0 Å². The maximum absolute atomic E-state index is 10.4. The lowest BCUT2D eigenvalue weighted by Crippen LogP contribution is -2.44. The molecule has 0 saturated carbocycles. The van der Waals surface area contributed by atoms with Crippen LogP contribution in [-0.4, -0.2) is 35.8 Å². The summed E-state index contributed by atoms with van der Waals surface area (Å²) in [6.45, 7) is 4.77. The highest BCUT2D eigenvalue weighted by atomic mass is 16.5. The van der Waals surface area contributed by atoms with E-state index in [9.17, 15) is 5.11 Å². The number of aliphatic hydroxyl groups is 1. The molecule has 0 radical (unpaired) electrons. The van der Waals surface area contributed by atoms with Crippen LogP contribution in [0.25, 0.3) is 0 Å². The maximum Gasteiger partial charge on any atom is 0.124 e. The molecule has 104 valence electrons. The van der Waals surface area contributed by atoms with Crippen LogP contribution in [0.4, 0.5) is 0 Å². The summed E-state index contributed by atoms with van der Waals surface area (Å²) < 4.78 is 5.68. The van der Waals surface area contributed by atoms with Gasteiger partial charge in [0.2, 0.25) is 0 Å². The molecule has 0 aromatic heterocycles. The van der Waals surface area contributed by atoms with Crippen LogP contribution in [0.1, 0.15) is 43.4 Å². The van der Waals surface area contributed by atoms with Gasteiger partial charge in [-0.1, -0.05) is 25.5 Å². The fraction of sp³-hybridized carbons (Fsp3) is 0.625. The first-order valence-electron chi connectivity index (χ1n) is 7.47. The summed E-state index contributed by atoms with van der Waals surface area (Å²) in [6.07, 6.45) is 4.42. The van der Waals surface area contributed by atoms with E-state index in [0.29, 0.717) is 6.61 Å². The Morgan fingerprint density at radius 3 is 2.79 bits per heavy atom. The van der Waals surface area contributed by atoms with Gasteiger partial charge in [-0.2, -0.15) is 0 Å². The predicted octanol–water partition coefficient (Wildman–Crippen LogP) is 2.53. The van der Waals surface area contributed by atoms with E-state index in [1.165, 1.54) is 30.4 Å². The minimum atomic E-state index is -0.405. The topological polar surface area (TPSA) is 32.7 Å². The number of likely N-dealkylation sites (tertiary alicyclic amines) is 1. The molecule has 1 aromatic carbocycles. The number of benzene rings is 1. The molecule has 19 heavy (non-hydrogen) atoms. The summed E-state index contributed by atoms with van der Waals surface area (Å²) in [7, 11) is 0. The standard InChI is InChI=1S/C16H23NO2/c1-2-12-6-7-15-13(10-12)16(14(18)11-19-15)17-8-4-3-5-9-17/h6-7,10,14,16,18H,2-5,8-9,11H2,1H3. The monoisotopic (exact) mass is 261 g/mol. The van der Waals surface area contributed by atoms with E-state index < -0.39 is 6.10 Å². The molecule has 3 nitrogen and oxygen atoms in total. The molecule has 0 bridgehead atoms. The first-order chi connectivity index (χ1) is 9.29. The molecule has 1 fully saturated rings. The van der Waals surface area contributed by atoms with Gasteiger partial charge in [-0.25, -0.2) is 0 Å². The molecule has 2 unspecified atom stereocenters. The fourth-order valence-electron chi connectivity index (χ4n) is 3.29. The van der Waals surface area contributed by atoms with Gasteiger partial charge in [0.15, 0.2) is 0 Å². The lowest BCUT2D eigenvalue weighted by atomic mass is 9.93. The normalized spacial score (nSPS) is 27.7. The molecule has 2 aliphatic rings. The van der Waals surface area contributed by atoms with Crippen molar-refractivity contribution in [2.45, 2.75) is 44.8 Å². The lowest BCUT2D eigenvalue weighted by Gasteiger charge is -2.40. The first kappa shape index (κ1) is 12.9. The average Bonchev–Trinajstić information content (AvgIpc) is 2.47. The highest BCUT2D eigenvalue weighted by Crippen LogP contribution is 2.38. The Kier molecular flexibility index (Phi) is 3.76. The van der Waals surface area contributed by atoms with E-state index in [1.54, 1.807) is 0 Å². The molecule has 1 saturated heterocycles. The van der Waals surface area contributed by atoms with Crippen molar-refractivity contribution >= 4 is 0 Å². The molecule has 0 amide bonds. The van der Waals surface area contributed by atoms with E-state index in [-0.39, 0.29) is 6.04 Å². The third-order valence-electron chi connectivity index (χ3n) is 4.36. The van der Waals surface area contributed by atoms with Crippen molar-refractivity contribution in [1.82, 2.24) is 4.90 Å². The highest BCUT2D eigenvalue weighted by molar-refractivity contribution is 5.41. The van der Waals surface area contributed by atoms with Gasteiger partial charge in [0.1, 0.15) is 18.5 Å². The number of fused-ring (bicyclic) bond motifs is 1. The van der Waals surface area contributed by atoms with Crippen molar-refractivity contribution in [3.05, 3.63) is 29.3 Å². The number of aryl methyl sites for hydroxylation is 1. The molecule has 2 heterocycles. The van der Waals surface area contributed by atoms with Crippen molar-refractivity contribution in [1.29, 1.82) is 0 Å². The molecule has 3 rings (SSSR count). The Bertz CT molecular complexity index is 440. The third kappa shape index (κ3) is 2.49. The van der Waals surface area contributed by atoms with E-state index in [1.807, 2.05) is 0 Å². The SMILES string of the molecule is CCc1ccc2c(c1)C(N1CCCCC1)C(O)CO2. The summed E-state index contributed by atoms with van der Waals surface area (Å²) in [5, 5.41) is 10.4. The van der Waals surface area contributed by atoms with E-state index in [4.69, 9.17) is 4.74 Å². The van der Waals surface area contributed by atoms with Crippen molar-refractivity contribution in [2.24, 2.45) is 0 Å². The van der Waals surface area contributed by atoms with Crippen LogP contribution in [-0.2, 0) is 6.42 Å². The number of rotatable bonds is 2. The fourth-order valence-corrected chi connectivity index (χ4v) is 3.29. The van der Waals surface area contributed by atoms with Gasteiger partial charge in [0, 0.05) is 5.56 Å². The molecule has 1 aromatic rings. The minimum Gasteiger partial charge on any atom is -0.490 e. The Hall–Kier alpha value is -1.06. The molecular weight excluding hydrogens is 238 g/mol. The van der Waals surface area contributed by atoms with Gasteiger partial charge < -0.3 is 9.84 Å². The van der Waals surface area contributed by atoms with Crippen LogP contribution in [0.15, 0.2) is 18.2 Å². The van der Waals surface area contributed by atoms with Gasteiger partial charge >= 0.3 is 0 Å². The number of aliphatic hydroxyl groups excluding tert-OH is 1. The summed E-state index contributed by atoms with van der Waals surface area (Å²) in [5.41, 5.74) is 2.50. The second kappa shape index (κ2) is 5.51. The van der Waals surface area contributed by atoms with Crippen LogP contribution in [0.2, 0.25) is 0 Å². The number of piperidine rings is 1. The van der Waals surface area contributed by atoms with Crippen LogP contribution >= 0.6 is 0 Å². The summed E-state index contributed by atoms with van der Waals surface area (Å²) in [4.78, 5) is 2.44. The smallest absolute Gasteiger partial charge is 0.124 e. The second-order valence-electron chi connectivity index (χ2n) is 5.65. The molecule has 2 atom stereocenters. The second-order valence-corrected chi connectivity index (χ2v) is 5.65. The molecule has 1 N–H and O–H groups in total. The van der Waals surface area contributed by atoms with Gasteiger partial charge in [0.05, 0.1) is 6.04 Å². The number of hydrogen-bond donors (Lipinski definition) is 1. The maximum atomic E-state index is 10.4. The third-order valence-corrected chi connectivity index (χ3v) is 4.36. The molecule has 0 spiro atoms. The van der Waals surface area contributed by atoms with Crippen LogP contribution in [0.5, 0.6) is 5.75 Å². The zero-order valence-electron chi connectivity index (χ0n) is 11.6. The Labute approximate surface area is 115 Å². The van der Waals surface area contributed by atoms with Crippen molar-refractivity contribution in [2.75, 3.05) is 19.7 Å². The van der Waals surface area contributed by atoms with Crippen LogP contribution < -0.4 is 4.74 Å². The van der Waals surface area contributed by atoms with Gasteiger partial charge in [-0.05, 0) is 44.0 Å². The molecule has 3 heteroatoms. The van der Waals surface area contributed by atoms with Crippen LogP contribution in [0, 0.1) is 0 Å². The van der Waals surface area contributed by atoms with Crippen molar-refractivity contribution in [3.63, 3.8) is 0 Å². The van der Waals surface area contributed by atoms with Gasteiger partial charge in [0.25, 0.3) is 0 Å². The van der Waals surface area contributed by atoms with E-state index >= 15 is 0 Å². The largest absolute Gasteiger partial charge is 0.490 e. The minimum absolute atomic E-state index is 0.121. The van der Waals surface area contributed by atoms with E-state index in [0.717, 1.165) is 25.3 Å². The average molecular weight is 261 g/mol. The Morgan fingerprint density at radius 1 is 1.26 bits per heavy atom. The quantitative estimate of drug-likeness (QED) is 0.888. The van der Waals surface area contributed by atoms with Gasteiger partial charge in [-0.3, -0.25) is 4.90 Å². The highest BCUT2D eigenvalue weighted by Gasteiger charge is 2.34. The lowest BCUT2D eigenvalue weighted by molar-refractivity contribution is -0.00678. The van der Waals surface area contributed by atoms with Gasteiger partial charge in [-0.15, -0.1) is 0 Å². The Balaban J connectivity index is 1.94. The summed E-state index contributed by atoms with van der Waals surface area (Å²) >= 11 is 0. The zero-order valence-corrected chi connectivity index (χ0v) is 11.6. The van der Waals surface area contributed by atoms with E-state index in [2.05, 4.69) is 30.0 Å². The molecular formula is C16H23NO2. The predicted molar refractivity (Wildman–Crippen MR) is 75.5 cm³/mol. The first-order valence-corrected chi connectivity index (χ1v) is 7.47. The number of ether oxygens (including phenoxy) is 1.